The van der Waals surface area contributed by atoms with Crippen LogP contribution in [0.2, 0.25) is 0 Å². The van der Waals surface area contributed by atoms with Crippen LogP contribution in [0.25, 0.3) is 0 Å². The summed E-state index contributed by atoms with van der Waals surface area (Å²) in [5.74, 6) is 1.64. The molecule has 1 amide bonds. The number of aromatic nitrogens is 1. The summed E-state index contributed by atoms with van der Waals surface area (Å²) < 4.78 is 6.27. The number of hydrogen-bond acceptors (Lipinski definition) is 5. The molecular weight excluding hydrogens is 484 g/mol. The van der Waals surface area contributed by atoms with Crippen molar-refractivity contribution in [3.63, 3.8) is 0 Å². The largest absolute Gasteiger partial charge is 0.489 e. The Morgan fingerprint density at radius 2 is 1.74 bits per heavy atom. The standard InChI is InChI=1S/C33H40N4O2/c1-25-8-5-6-12-29(13-7-9-25)39-30-18-19-32(36-23-30)37-33(38)31(28-10-3-2-4-11-28)24-35-21-20-26-14-16-27(22-34)17-15-26/h2-4,10-11,14-19,23,25,29,31,35H,5-9,12-13,20-21,24H2,1H3,(H,36,37,38). The number of ether oxygens (including phenoxy) is 1. The summed E-state index contributed by atoms with van der Waals surface area (Å²) in [5, 5.41) is 15.4. The van der Waals surface area contributed by atoms with Crippen LogP contribution in [-0.2, 0) is 11.2 Å². The van der Waals surface area contributed by atoms with E-state index < -0.39 is 0 Å². The Morgan fingerprint density at radius 1 is 1.00 bits per heavy atom. The molecule has 1 heterocycles. The third-order valence-corrected chi connectivity index (χ3v) is 7.53. The Bertz CT molecular complexity index is 1190. The van der Waals surface area contributed by atoms with E-state index in [1.54, 1.807) is 6.20 Å². The summed E-state index contributed by atoms with van der Waals surface area (Å²) in [4.78, 5) is 17.8. The van der Waals surface area contributed by atoms with Crippen molar-refractivity contribution in [1.29, 1.82) is 5.26 Å². The zero-order valence-electron chi connectivity index (χ0n) is 22.9. The van der Waals surface area contributed by atoms with Crippen molar-refractivity contribution in [2.75, 3.05) is 18.4 Å². The molecule has 3 aromatic rings. The van der Waals surface area contributed by atoms with Crippen molar-refractivity contribution >= 4 is 11.7 Å². The van der Waals surface area contributed by atoms with Gasteiger partial charge in [0.15, 0.2) is 0 Å². The highest BCUT2D eigenvalue weighted by molar-refractivity contribution is 5.95. The van der Waals surface area contributed by atoms with Crippen LogP contribution >= 0.6 is 0 Å². The minimum atomic E-state index is -0.355. The van der Waals surface area contributed by atoms with Gasteiger partial charge in [-0.3, -0.25) is 4.79 Å². The number of carbonyl (C=O) groups excluding carboxylic acids is 1. The molecule has 3 atom stereocenters. The number of nitrogens with zero attached hydrogens (tertiary/aromatic N) is 2. The Morgan fingerprint density at radius 3 is 2.49 bits per heavy atom. The maximum absolute atomic E-state index is 13.3. The second kappa shape index (κ2) is 15.0. The molecule has 1 aliphatic rings. The van der Waals surface area contributed by atoms with Gasteiger partial charge in [-0.1, -0.05) is 68.7 Å². The zero-order chi connectivity index (χ0) is 27.3. The lowest BCUT2D eigenvalue weighted by molar-refractivity contribution is -0.117. The molecule has 1 fully saturated rings. The van der Waals surface area contributed by atoms with E-state index in [4.69, 9.17) is 10.00 Å². The fraction of sp³-hybridized carbons (Fsp3) is 0.424. The summed E-state index contributed by atoms with van der Waals surface area (Å²) >= 11 is 0. The predicted molar refractivity (Wildman–Crippen MR) is 156 cm³/mol. The van der Waals surface area contributed by atoms with Gasteiger partial charge in [-0.2, -0.15) is 5.26 Å². The molecule has 1 aliphatic carbocycles. The molecule has 3 unspecified atom stereocenters. The zero-order valence-corrected chi connectivity index (χ0v) is 22.9. The number of nitriles is 1. The van der Waals surface area contributed by atoms with Gasteiger partial charge in [-0.05, 0) is 80.0 Å². The summed E-state index contributed by atoms with van der Waals surface area (Å²) in [5.41, 5.74) is 2.76. The number of anilines is 1. The third-order valence-electron chi connectivity index (χ3n) is 7.53. The van der Waals surface area contributed by atoms with E-state index in [1.165, 1.54) is 32.1 Å². The Labute approximate surface area is 232 Å². The average Bonchev–Trinajstić information content (AvgIpc) is 3.06. The Balaban J connectivity index is 1.31. The van der Waals surface area contributed by atoms with Crippen LogP contribution < -0.4 is 15.4 Å². The van der Waals surface area contributed by atoms with Gasteiger partial charge >= 0.3 is 0 Å². The molecule has 1 saturated carbocycles. The number of hydrogen-bond donors (Lipinski definition) is 2. The van der Waals surface area contributed by atoms with E-state index in [0.717, 1.165) is 48.6 Å². The minimum Gasteiger partial charge on any atom is -0.489 e. The van der Waals surface area contributed by atoms with Crippen molar-refractivity contribution in [1.82, 2.24) is 10.3 Å². The maximum atomic E-state index is 13.3. The van der Waals surface area contributed by atoms with Crippen molar-refractivity contribution in [2.24, 2.45) is 5.92 Å². The van der Waals surface area contributed by atoms with Gasteiger partial charge in [-0.15, -0.1) is 0 Å². The molecule has 4 rings (SSSR count). The minimum absolute atomic E-state index is 0.0985. The summed E-state index contributed by atoms with van der Waals surface area (Å²) in [6.07, 6.45) is 11.2. The molecule has 0 aliphatic heterocycles. The summed E-state index contributed by atoms with van der Waals surface area (Å²) in [7, 11) is 0. The molecule has 6 nitrogen and oxygen atoms in total. The maximum Gasteiger partial charge on any atom is 0.234 e. The molecule has 0 radical (unpaired) electrons. The summed E-state index contributed by atoms with van der Waals surface area (Å²) in [6, 6.07) is 23.3. The number of nitrogens with one attached hydrogen (secondary N) is 2. The second-order valence-electron chi connectivity index (χ2n) is 10.7. The second-order valence-corrected chi connectivity index (χ2v) is 10.7. The van der Waals surface area contributed by atoms with Crippen LogP contribution in [0, 0.1) is 17.2 Å². The SMILES string of the molecule is CC1CCCCC(Oc2ccc(NC(=O)C(CNCCc3ccc(C#N)cc3)c3ccccc3)nc2)CCC1. The first kappa shape index (κ1) is 28.3. The highest BCUT2D eigenvalue weighted by Crippen LogP contribution is 2.25. The fourth-order valence-corrected chi connectivity index (χ4v) is 5.17. The molecule has 1 aromatic heterocycles. The van der Waals surface area contributed by atoms with Gasteiger partial charge in [0.1, 0.15) is 11.6 Å². The van der Waals surface area contributed by atoms with Crippen LogP contribution in [0.4, 0.5) is 5.82 Å². The van der Waals surface area contributed by atoms with Crippen LogP contribution in [0.15, 0.2) is 72.9 Å². The van der Waals surface area contributed by atoms with Crippen molar-refractivity contribution in [3.8, 4) is 11.8 Å². The van der Waals surface area contributed by atoms with Gasteiger partial charge < -0.3 is 15.4 Å². The molecule has 204 valence electrons. The lowest BCUT2D eigenvalue weighted by Gasteiger charge is -2.19. The summed E-state index contributed by atoms with van der Waals surface area (Å²) in [6.45, 7) is 3.59. The van der Waals surface area contributed by atoms with Gasteiger partial charge in [0.05, 0.1) is 29.9 Å². The predicted octanol–water partition coefficient (Wildman–Crippen LogP) is 6.64. The molecule has 0 bridgehead atoms. The van der Waals surface area contributed by atoms with Crippen molar-refractivity contribution in [2.45, 2.75) is 70.3 Å². The topological polar surface area (TPSA) is 87.0 Å². The van der Waals surface area contributed by atoms with E-state index in [0.29, 0.717) is 17.9 Å². The van der Waals surface area contributed by atoms with Crippen molar-refractivity contribution < 1.29 is 9.53 Å². The van der Waals surface area contributed by atoms with E-state index >= 15 is 0 Å². The van der Waals surface area contributed by atoms with Gasteiger partial charge in [-0.25, -0.2) is 4.98 Å². The molecule has 39 heavy (non-hydrogen) atoms. The first-order chi connectivity index (χ1) is 19.1. The molecule has 2 N–H and O–H groups in total. The number of benzene rings is 2. The first-order valence-corrected chi connectivity index (χ1v) is 14.3. The van der Waals surface area contributed by atoms with Crippen molar-refractivity contribution in [3.05, 3.63) is 89.6 Å². The normalized spacial score (nSPS) is 18.6. The van der Waals surface area contributed by atoms with Crippen LogP contribution in [-0.4, -0.2) is 30.1 Å². The van der Waals surface area contributed by atoms with Crippen LogP contribution in [0.5, 0.6) is 5.75 Å². The lowest BCUT2D eigenvalue weighted by atomic mass is 9.98. The van der Waals surface area contributed by atoms with Gasteiger partial charge in [0.2, 0.25) is 5.91 Å². The van der Waals surface area contributed by atoms with E-state index in [2.05, 4.69) is 28.6 Å². The number of pyridine rings is 1. The first-order valence-electron chi connectivity index (χ1n) is 14.3. The number of carbonyl (C=O) groups is 1. The number of rotatable bonds is 10. The Kier molecular flexibility index (Phi) is 10.9. The molecule has 2 aromatic carbocycles. The number of amides is 1. The highest BCUT2D eigenvalue weighted by Gasteiger charge is 2.21. The van der Waals surface area contributed by atoms with E-state index in [9.17, 15) is 4.79 Å². The van der Waals surface area contributed by atoms with E-state index in [-0.39, 0.29) is 17.9 Å². The van der Waals surface area contributed by atoms with Crippen LogP contribution in [0.1, 0.15) is 74.5 Å². The molecule has 6 heteroatoms. The third kappa shape index (κ3) is 9.23. The molecular formula is C33H40N4O2. The van der Waals surface area contributed by atoms with Crippen LogP contribution in [0.3, 0.4) is 0 Å². The highest BCUT2D eigenvalue weighted by atomic mass is 16.5. The Hall–Kier alpha value is -3.69. The average molecular weight is 525 g/mol. The monoisotopic (exact) mass is 524 g/mol. The van der Waals surface area contributed by atoms with Gasteiger partial charge in [0.25, 0.3) is 0 Å². The lowest BCUT2D eigenvalue weighted by Crippen LogP contribution is -2.32. The molecule has 0 saturated heterocycles. The smallest absolute Gasteiger partial charge is 0.234 e. The van der Waals surface area contributed by atoms with E-state index in [1.807, 2.05) is 66.7 Å². The molecule has 0 spiro atoms. The van der Waals surface area contributed by atoms with Gasteiger partial charge in [0, 0.05) is 6.54 Å². The fourth-order valence-electron chi connectivity index (χ4n) is 5.17. The quantitative estimate of drug-likeness (QED) is 0.291.